The Labute approximate surface area is 133 Å². The number of carbonyl (C=O) groups is 1. The van der Waals surface area contributed by atoms with E-state index in [4.69, 9.17) is 13.7 Å². The van der Waals surface area contributed by atoms with Crippen LogP contribution in [-0.2, 0) is 0 Å². The number of aromatic nitrogens is 1. The highest BCUT2D eigenvalue weighted by molar-refractivity contribution is 5.93. The van der Waals surface area contributed by atoms with Gasteiger partial charge >= 0.3 is 0 Å². The monoisotopic (exact) mass is 312 g/mol. The fourth-order valence-electron chi connectivity index (χ4n) is 2.18. The van der Waals surface area contributed by atoms with Crippen molar-refractivity contribution in [3.8, 4) is 17.3 Å². The zero-order chi connectivity index (χ0) is 16.2. The van der Waals surface area contributed by atoms with Gasteiger partial charge in [-0.3, -0.25) is 4.79 Å². The average Bonchev–Trinajstić information content (AvgIpc) is 3.25. The second-order valence-electron chi connectivity index (χ2n) is 5.03. The molecule has 3 rings (SSSR count). The molecule has 0 bridgehead atoms. The van der Waals surface area contributed by atoms with Gasteiger partial charge in [-0.2, -0.15) is 0 Å². The summed E-state index contributed by atoms with van der Waals surface area (Å²) < 4.78 is 15.5. The van der Waals surface area contributed by atoms with Crippen LogP contribution in [0.4, 0.5) is 0 Å². The third-order valence-corrected chi connectivity index (χ3v) is 3.45. The van der Waals surface area contributed by atoms with Gasteiger partial charge in [0.25, 0.3) is 5.91 Å². The number of furan rings is 1. The molecule has 2 heterocycles. The number of nitrogens with zero attached hydrogens (tertiary/aromatic N) is 1. The van der Waals surface area contributed by atoms with Crippen molar-refractivity contribution >= 4 is 5.91 Å². The lowest BCUT2D eigenvalue weighted by Gasteiger charge is -2.14. The molecule has 0 aliphatic heterocycles. The van der Waals surface area contributed by atoms with Crippen LogP contribution >= 0.6 is 0 Å². The van der Waals surface area contributed by atoms with E-state index in [1.807, 2.05) is 31.2 Å². The molecule has 23 heavy (non-hydrogen) atoms. The van der Waals surface area contributed by atoms with Crippen molar-refractivity contribution in [2.75, 3.05) is 7.11 Å². The summed E-state index contributed by atoms with van der Waals surface area (Å²) in [5, 5.41) is 6.66. The summed E-state index contributed by atoms with van der Waals surface area (Å²) in [6.07, 6.45) is 1.53. The zero-order valence-corrected chi connectivity index (χ0v) is 12.8. The summed E-state index contributed by atoms with van der Waals surface area (Å²) in [7, 11) is 1.61. The maximum Gasteiger partial charge on any atom is 0.273 e. The molecule has 0 spiro atoms. The number of carbonyl (C=O) groups excluding carboxylic acids is 1. The first-order valence-corrected chi connectivity index (χ1v) is 7.13. The van der Waals surface area contributed by atoms with Crippen molar-refractivity contribution in [1.29, 1.82) is 0 Å². The fraction of sp³-hybridized carbons (Fsp3) is 0.176. The fourth-order valence-corrected chi connectivity index (χ4v) is 2.18. The maximum absolute atomic E-state index is 12.3. The summed E-state index contributed by atoms with van der Waals surface area (Å²) >= 11 is 0. The van der Waals surface area contributed by atoms with E-state index in [-0.39, 0.29) is 17.6 Å². The molecule has 6 nitrogen and oxygen atoms in total. The van der Waals surface area contributed by atoms with Gasteiger partial charge in [-0.1, -0.05) is 17.3 Å². The zero-order valence-electron chi connectivity index (χ0n) is 12.8. The quantitative estimate of drug-likeness (QED) is 0.781. The molecule has 0 fully saturated rings. The number of rotatable bonds is 5. The first-order valence-electron chi connectivity index (χ1n) is 7.13. The van der Waals surface area contributed by atoms with E-state index in [0.29, 0.717) is 11.5 Å². The van der Waals surface area contributed by atoms with Crippen LogP contribution in [-0.4, -0.2) is 18.2 Å². The van der Waals surface area contributed by atoms with Crippen LogP contribution in [0.2, 0.25) is 0 Å². The Kier molecular flexibility index (Phi) is 4.14. The van der Waals surface area contributed by atoms with Gasteiger partial charge in [-0.15, -0.1) is 0 Å². The number of methoxy groups -OCH3 is 1. The third kappa shape index (κ3) is 3.26. The molecule has 6 heteroatoms. The predicted molar refractivity (Wildman–Crippen MR) is 83.1 cm³/mol. The first kappa shape index (κ1) is 14.9. The Morgan fingerprint density at radius 3 is 2.83 bits per heavy atom. The largest absolute Gasteiger partial charge is 0.497 e. The first-order chi connectivity index (χ1) is 11.2. The minimum absolute atomic E-state index is 0.193. The normalized spacial score (nSPS) is 11.9. The lowest BCUT2D eigenvalue weighted by atomic mass is 10.1. The maximum atomic E-state index is 12.3. The molecular formula is C17H16N2O4. The molecule has 118 valence electrons. The smallest absolute Gasteiger partial charge is 0.273 e. The molecule has 2 aromatic heterocycles. The predicted octanol–water partition coefficient (Wildman–Crippen LogP) is 3.43. The van der Waals surface area contributed by atoms with E-state index >= 15 is 0 Å². The third-order valence-electron chi connectivity index (χ3n) is 3.45. The van der Waals surface area contributed by atoms with Gasteiger partial charge in [0, 0.05) is 6.07 Å². The summed E-state index contributed by atoms with van der Waals surface area (Å²) in [4.78, 5) is 12.3. The SMILES string of the molecule is COc1cccc([C@@H](C)NC(=O)c2cc(-c3ccco3)on2)c1. The molecule has 3 aromatic rings. The Morgan fingerprint density at radius 1 is 1.22 bits per heavy atom. The minimum atomic E-state index is -0.318. The number of amides is 1. The molecule has 0 saturated carbocycles. The van der Waals surface area contributed by atoms with Crippen molar-refractivity contribution in [2.45, 2.75) is 13.0 Å². The van der Waals surface area contributed by atoms with Gasteiger partial charge in [0.1, 0.15) is 5.75 Å². The topological polar surface area (TPSA) is 77.5 Å². The number of hydrogen-bond donors (Lipinski definition) is 1. The molecular weight excluding hydrogens is 296 g/mol. The van der Waals surface area contributed by atoms with Gasteiger partial charge in [0.05, 0.1) is 19.4 Å². The van der Waals surface area contributed by atoms with E-state index in [0.717, 1.165) is 11.3 Å². The van der Waals surface area contributed by atoms with Gasteiger partial charge in [-0.25, -0.2) is 0 Å². The molecule has 0 aliphatic carbocycles. The van der Waals surface area contributed by atoms with Gasteiger partial charge in [0.15, 0.2) is 11.5 Å². The van der Waals surface area contributed by atoms with Crippen LogP contribution in [0.1, 0.15) is 29.0 Å². The van der Waals surface area contributed by atoms with E-state index in [2.05, 4.69) is 10.5 Å². The molecule has 0 unspecified atom stereocenters. The molecule has 1 atom stereocenters. The highest BCUT2D eigenvalue weighted by Gasteiger charge is 2.17. The van der Waals surface area contributed by atoms with Crippen LogP contribution in [0.25, 0.3) is 11.5 Å². The summed E-state index contributed by atoms with van der Waals surface area (Å²) in [6.45, 7) is 1.89. The molecule has 0 aliphatic rings. The Balaban J connectivity index is 1.71. The summed E-state index contributed by atoms with van der Waals surface area (Å²) in [5.74, 6) is 1.36. The molecule has 1 N–H and O–H groups in total. The van der Waals surface area contributed by atoms with Crippen LogP contribution in [0, 0.1) is 0 Å². The molecule has 0 radical (unpaired) electrons. The summed E-state index contributed by atoms with van der Waals surface area (Å²) in [6, 6.07) is 12.4. The number of benzene rings is 1. The van der Waals surface area contributed by atoms with E-state index < -0.39 is 0 Å². The van der Waals surface area contributed by atoms with Crippen molar-refractivity contribution < 1.29 is 18.5 Å². The van der Waals surface area contributed by atoms with Crippen LogP contribution < -0.4 is 10.1 Å². The second kappa shape index (κ2) is 6.39. The van der Waals surface area contributed by atoms with Gasteiger partial charge in [0.2, 0.25) is 5.76 Å². The van der Waals surface area contributed by atoms with E-state index in [9.17, 15) is 4.79 Å². The highest BCUT2D eigenvalue weighted by Crippen LogP contribution is 2.22. The minimum Gasteiger partial charge on any atom is -0.497 e. The number of nitrogens with one attached hydrogen (secondary N) is 1. The van der Waals surface area contributed by atoms with Gasteiger partial charge < -0.3 is 19.0 Å². The number of ether oxygens (including phenoxy) is 1. The van der Waals surface area contributed by atoms with Crippen molar-refractivity contribution in [3.63, 3.8) is 0 Å². The average molecular weight is 312 g/mol. The van der Waals surface area contributed by atoms with Crippen molar-refractivity contribution in [3.05, 3.63) is 60.0 Å². The molecule has 1 aromatic carbocycles. The Hall–Kier alpha value is -3.02. The van der Waals surface area contributed by atoms with Crippen LogP contribution in [0.15, 0.2) is 57.7 Å². The van der Waals surface area contributed by atoms with Gasteiger partial charge in [-0.05, 0) is 36.8 Å². The van der Waals surface area contributed by atoms with Crippen molar-refractivity contribution in [2.24, 2.45) is 0 Å². The molecule has 1 amide bonds. The van der Waals surface area contributed by atoms with Crippen molar-refractivity contribution in [1.82, 2.24) is 10.5 Å². The van der Waals surface area contributed by atoms with E-state index in [1.165, 1.54) is 6.26 Å². The summed E-state index contributed by atoms with van der Waals surface area (Å²) in [5.41, 5.74) is 1.14. The van der Waals surface area contributed by atoms with Crippen LogP contribution in [0.3, 0.4) is 0 Å². The lowest BCUT2D eigenvalue weighted by molar-refractivity contribution is 0.0930. The Bertz CT molecular complexity index is 793. The van der Waals surface area contributed by atoms with Crippen LogP contribution in [0.5, 0.6) is 5.75 Å². The van der Waals surface area contributed by atoms with E-state index in [1.54, 1.807) is 25.3 Å². The highest BCUT2D eigenvalue weighted by atomic mass is 16.5. The Morgan fingerprint density at radius 2 is 2.09 bits per heavy atom. The lowest BCUT2D eigenvalue weighted by Crippen LogP contribution is -2.26. The standard InChI is InChI=1S/C17H16N2O4/c1-11(12-5-3-6-13(9-12)21-2)18-17(20)14-10-16(23-19-14)15-7-4-8-22-15/h3-11H,1-2H3,(H,18,20)/t11-/m1/s1. The number of hydrogen-bond acceptors (Lipinski definition) is 5. The second-order valence-corrected chi connectivity index (χ2v) is 5.03. The molecule has 0 saturated heterocycles.